The van der Waals surface area contributed by atoms with Gasteiger partial charge in [-0.15, -0.1) is 0 Å². The fourth-order valence-corrected chi connectivity index (χ4v) is 4.51. The summed E-state index contributed by atoms with van der Waals surface area (Å²) in [5, 5.41) is 3.01. The third-order valence-corrected chi connectivity index (χ3v) is 6.67. The maximum Gasteiger partial charge on any atom is 0.261 e. The van der Waals surface area contributed by atoms with Crippen molar-refractivity contribution in [3.05, 3.63) is 100 Å². The van der Waals surface area contributed by atoms with Crippen molar-refractivity contribution in [1.29, 1.82) is 0 Å². The van der Waals surface area contributed by atoms with Gasteiger partial charge >= 0.3 is 0 Å². The third kappa shape index (κ3) is 8.46. The minimum absolute atomic E-state index is 0.00219. The van der Waals surface area contributed by atoms with E-state index in [1.165, 1.54) is 0 Å². The lowest BCUT2D eigenvalue weighted by atomic mass is 9.87. The van der Waals surface area contributed by atoms with Gasteiger partial charge in [-0.05, 0) is 64.0 Å². The lowest BCUT2D eigenvalue weighted by Crippen LogP contribution is -2.52. The van der Waals surface area contributed by atoms with Crippen LogP contribution in [0.2, 0.25) is 0 Å². The molecule has 6 heteroatoms. The molecule has 0 saturated heterocycles. The van der Waals surface area contributed by atoms with E-state index in [9.17, 15) is 9.59 Å². The minimum Gasteiger partial charge on any atom is -0.483 e. The average molecular weight is 566 g/mol. The zero-order chi connectivity index (χ0) is 27.0. The first-order chi connectivity index (χ1) is 17.5. The largest absolute Gasteiger partial charge is 0.483 e. The molecule has 5 nitrogen and oxygen atoms in total. The van der Waals surface area contributed by atoms with Crippen LogP contribution in [0.1, 0.15) is 51.3 Å². The second-order valence-electron chi connectivity index (χ2n) is 10.6. The number of rotatable bonds is 10. The summed E-state index contributed by atoms with van der Waals surface area (Å²) in [6.45, 7) is 10.4. The molecule has 3 aromatic carbocycles. The van der Waals surface area contributed by atoms with Gasteiger partial charge in [0.15, 0.2) is 6.61 Å². The molecule has 0 fully saturated rings. The van der Waals surface area contributed by atoms with E-state index in [0.717, 1.165) is 21.2 Å². The van der Waals surface area contributed by atoms with E-state index in [1.807, 2.05) is 92.7 Å². The molecule has 0 bridgehead atoms. The van der Waals surface area contributed by atoms with Gasteiger partial charge in [0.1, 0.15) is 11.8 Å². The molecule has 196 valence electrons. The summed E-state index contributed by atoms with van der Waals surface area (Å²) in [6, 6.07) is 24.7. The number of nitrogens with one attached hydrogen (secondary N) is 1. The molecule has 0 spiro atoms. The van der Waals surface area contributed by atoms with Crippen molar-refractivity contribution >= 4 is 27.7 Å². The van der Waals surface area contributed by atoms with Crippen LogP contribution in [-0.4, -0.2) is 35.4 Å². The Hall–Kier alpha value is -3.12. The van der Waals surface area contributed by atoms with Crippen molar-refractivity contribution in [2.75, 3.05) is 6.61 Å². The SMILES string of the molecule is CC(C)NC(=O)C(Cc1ccccc1)N(Cc1ccccc1)C(=O)COc1ccc(C(C)(C)C)cc1Br. The van der Waals surface area contributed by atoms with E-state index in [-0.39, 0.29) is 29.9 Å². The molecule has 0 aliphatic rings. The molecule has 0 saturated carbocycles. The maximum absolute atomic E-state index is 13.7. The van der Waals surface area contributed by atoms with E-state index in [0.29, 0.717) is 18.7 Å². The van der Waals surface area contributed by atoms with Crippen molar-refractivity contribution in [3.8, 4) is 5.75 Å². The van der Waals surface area contributed by atoms with Crippen molar-refractivity contribution in [1.82, 2.24) is 10.2 Å². The Labute approximate surface area is 229 Å². The quantitative estimate of drug-likeness (QED) is 0.315. The molecule has 0 heterocycles. The van der Waals surface area contributed by atoms with Gasteiger partial charge < -0.3 is 15.0 Å². The Morgan fingerprint density at radius 2 is 1.51 bits per heavy atom. The van der Waals surface area contributed by atoms with Crippen molar-refractivity contribution in [2.45, 2.75) is 65.1 Å². The standard InChI is InChI=1S/C31H37BrN2O3/c1-22(2)33-30(36)27(18-23-12-8-6-9-13-23)34(20-24-14-10-7-11-15-24)29(35)21-37-28-17-16-25(19-26(28)32)31(3,4)5/h6-17,19,22,27H,18,20-21H2,1-5H3,(H,33,36). The molecule has 0 aliphatic carbocycles. The number of benzene rings is 3. The zero-order valence-corrected chi connectivity index (χ0v) is 23.9. The highest BCUT2D eigenvalue weighted by atomic mass is 79.9. The summed E-state index contributed by atoms with van der Waals surface area (Å²) < 4.78 is 6.77. The van der Waals surface area contributed by atoms with E-state index in [2.05, 4.69) is 42.0 Å². The summed E-state index contributed by atoms with van der Waals surface area (Å²) in [5.74, 6) is 0.154. The Balaban J connectivity index is 1.88. The molecule has 2 amide bonds. The van der Waals surface area contributed by atoms with Crippen LogP contribution in [0, 0.1) is 0 Å². The summed E-state index contributed by atoms with van der Waals surface area (Å²) in [7, 11) is 0. The summed E-state index contributed by atoms with van der Waals surface area (Å²) >= 11 is 3.59. The van der Waals surface area contributed by atoms with E-state index < -0.39 is 6.04 Å². The molecular formula is C31H37BrN2O3. The maximum atomic E-state index is 13.7. The lowest BCUT2D eigenvalue weighted by Gasteiger charge is -2.32. The summed E-state index contributed by atoms with van der Waals surface area (Å²) in [6.07, 6.45) is 0.405. The summed E-state index contributed by atoms with van der Waals surface area (Å²) in [4.78, 5) is 28.7. The predicted octanol–water partition coefficient (Wildman–Crippen LogP) is 6.29. The van der Waals surface area contributed by atoms with Gasteiger partial charge in [-0.2, -0.15) is 0 Å². The first-order valence-corrected chi connectivity index (χ1v) is 13.4. The normalized spacial score (nSPS) is 12.2. The molecule has 0 aliphatic heterocycles. The van der Waals surface area contributed by atoms with E-state index in [4.69, 9.17) is 4.74 Å². The van der Waals surface area contributed by atoms with Gasteiger partial charge in [-0.3, -0.25) is 9.59 Å². The molecule has 1 atom stereocenters. The molecule has 1 N–H and O–H groups in total. The van der Waals surface area contributed by atoms with Crippen molar-refractivity contribution in [3.63, 3.8) is 0 Å². The molecule has 3 aromatic rings. The van der Waals surface area contributed by atoms with Crippen LogP contribution in [0.4, 0.5) is 0 Å². The van der Waals surface area contributed by atoms with Gasteiger partial charge in [0, 0.05) is 19.0 Å². The average Bonchev–Trinajstić information content (AvgIpc) is 2.85. The molecule has 1 unspecified atom stereocenters. The Kier molecular flexibility index (Phi) is 9.93. The van der Waals surface area contributed by atoms with Crippen LogP contribution in [0.5, 0.6) is 5.75 Å². The topological polar surface area (TPSA) is 58.6 Å². The van der Waals surface area contributed by atoms with Crippen LogP contribution >= 0.6 is 15.9 Å². The Morgan fingerprint density at radius 1 is 0.919 bits per heavy atom. The highest BCUT2D eigenvalue weighted by Gasteiger charge is 2.31. The second kappa shape index (κ2) is 12.9. The molecule has 3 rings (SSSR count). The number of hydrogen-bond acceptors (Lipinski definition) is 3. The van der Waals surface area contributed by atoms with Gasteiger partial charge in [0.2, 0.25) is 5.91 Å². The number of ether oxygens (including phenoxy) is 1. The Morgan fingerprint density at radius 3 is 2.05 bits per heavy atom. The zero-order valence-electron chi connectivity index (χ0n) is 22.3. The van der Waals surface area contributed by atoms with Crippen molar-refractivity contribution in [2.24, 2.45) is 0 Å². The fourth-order valence-electron chi connectivity index (χ4n) is 4.02. The van der Waals surface area contributed by atoms with Gasteiger partial charge in [-0.1, -0.05) is 87.5 Å². The number of nitrogens with zero attached hydrogens (tertiary/aromatic N) is 1. The van der Waals surface area contributed by atoms with Crippen LogP contribution in [0.25, 0.3) is 0 Å². The second-order valence-corrected chi connectivity index (χ2v) is 11.4. The molecule has 0 radical (unpaired) electrons. The van der Waals surface area contributed by atoms with E-state index >= 15 is 0 Å². The molecular weight excluding hydrogens is 528 g/mol. The number of hydrogen-bond donors (Lipinski definition) is 1. The third-order valence-electron chi connectivity index (χ3n) is 6.05. The minimum atomic E-state index is -0.687. The predicted molar refractivity (Wildman–Crippen MR) is 153 cm³/mol. The van der Waals surface area contributed by atoms with Gasteiger partial charge in [0.25, 0.3) is 5.91 Å². The van der Waals surface area contributed by atoms with Gasteiger partial charge in [-0.25, -0.2) is 0 Å². The van der Waals surface area contributed by atoms with Crippen molar-refractivity contribution < 1.29 is 14.3 Å². The van der Waals surface area contributed by atoms with Crippen LogP contribution in [-0.2, 0) is 28.0 Å². The summed E-state index contributed by atoms with van der Waals surface area (Å²) in [5.41, 5.74) is 3.09. The van der Waals surface area contributed by atoms with Crippen LogP contribution in [0.15, 0.2) is 83.3 Å². The number of halogens is 1. The Bertz CT molecular complexity index is 1170. The number of amides is 2. The monoisotopic (exact) mass is 564 g/mol. The highest BCUT2D eigenvalue weighted by molar-refractivity contribution is 9.10. The van der Waals surface area contributed by atoms with E-state index in [1.54, 1.807) is 4.90 Å². The first-order valence-electron chi connectivity index (χ1n) is 12.6. The van der Waals surface area contributed by atoms with Gasteiger partial charge in [0.05, 0.1) is 4.47 Å². The van der Waals surface area contributed by atoms with Crippen LogP contribution in [0.3, 0.4) is 0 Å². The molecule has 0 aromatic heterocycles. The highest BCUT2D eigenvalue weighted by Crippen LogP contribution is 2.31. The lowest BCUT2D eigenvalue weighted by molar-refractivity contribution is -0.143. The fraction of sp³-hybridized carbons (Fsp3) is 0.355. The van der Waals surface area contributed by atoms with Crippen LogP contribution < -0.4 is 10.1 Å². The molecule has 37 heavy (non-hydrogen) atoms. The number of carbonyl (C=O) groups is 2. The number of carbonyl (C=O) groups excluding carboxylic acids is 2. The smallest absolute Gasteiger partial charge is 0.261 e. The first kappa shape index (κ1) is 28.5.